The lowest BCUT2D eigenvalue weighted by Crippen LogP contribution is -2.17. The van der Waals surface area contributed by atoms with E-state index in [0.29, 0.717) is 0 Å². The van der Waals surface area contributed by atoms with Gasteiger partial charge in [0.1, 0.15) is 0 Å². The van der Waals surface area contributed by atoms with Gasteiger partial charge in [-0.15, -0.1) is 0 Å². The summed E-state index contributed by atoms with van der Waals surface area (Å²) in [5.41, 5.74) is 7.54. The molecule has 134 valence electrons. The molecule has 0 radical (unpaired) electrons. The minimum Gasteiger partial charge on any atom is -0.372 e. The molecule has 2 fully saturated rings. The number of hydrogen-bond acceptors (Lipinski definition) is 2. The average Bonchev–Trinajstić information content (AvgIpc) is 3.36. The summed E-state index contributed by atoms with van der Waals surface area (Å²) in [6.07, 6.45) is 5.26. The van der Waals surface area contributed by atoms with E-state index in [2.05, 4.69) is 68.5 Å². The first-order chi connectivity index (χ1) is 12.9. The van der Waals surface area contributed by atoms with Crippen molar-refractivity contribution in [1.82, 2.24) is 10.2 Å². The molecule has 0 unspecified atom stereocenters. The molecule has 3 aromatic rings. The molecular weight excluding hydrogens is 320 g/mol. The molecule has 26 heavy (non-hydrogen) atoms. The standard InChI is InChI=1S/C22H26N4/c1-2-14-25(13-1)19-9-5-17(6-10-19)21-22(24-23-21)18-7-11-20(12-8-18)26-15-3-4-16-26/h5-12,23-24H,1-4,13-16H2. The molecule has 0 bridgehead atoms. The smallest absolute Gasteiger partial charge is 0.0867 e. The summed E-state index contributed by atoms with van der Waals surface area (Å²) in [6, 6.07) is 17.9. The third-order valence-electron chi connectivity index (χ3n) is 5.82. The molecule has 0 spiro atoms. The number of benzene rings is 2. The van der Waals surface area contributed by atoms with Crippen LogP contribution in [0.1, 0.15) is 25.7 Å². The van der Waals surface area contributed by atoms with Crippen molar-refractivity contribution in [3.63, 3.8) is 0 Å². The predicted molar refractivity (Wildman–Crippen MR) is 109 cm³/mol. The number of hydrogen-bond donors (Lipinski definition) is 2. The summed E-state index contributed by atoms with van der Waals surface area (Å²) in [7, 11) is 0. The summed E-state index contributed by atoms with van der Waals surface area (Å²) in [4.78, 5) is 4.95. The van der Waals surface area contributed by atoms with Crippen molar-refractivity contribution in [1.29, 1.82) is 0 Å². The van der Waals surface area contributed by atoms with Crippen LogP contribution in [-0.4, -0.2) is 36.4 Å². The van der Waals surface area contributed by atoms with Crippen molar-refractivity contribution in [3.8, 4) is 22.5 Å². The van der Waals surface area contributed by atoms with E-state index in [0.717, 1.165) is 0 Å². The third-order valence-corrected chi connectivity index (χ3v) is 5.82. The molecule has 4 heteroatoms. The van der Waals surface area contributed by atoms with E-state index >= 15 is 0 Å². The molecule has 0 amide bonds. The van der Waals surface area contributed by atoms with Gasteiger partial charge < -0.3 is 9.80 Å². The molecular formula is C22H26N4. The van der Waals surface area contributed by atoms with Crippen LogP contribution in [0, 0.1) is 0 Å². The van der Waals surface area contributed by atoms with Gasteiger partial charge in [0.25, 0.3) is 0 Å². The maximum absolute atomic E-state index is 3.27. The molecule has 0 saturated carbocycles. The highest BCUT2D eigenvalue weighted by Gasteiger charge is 2.16. The average molecular weight is 346 g/mol. The van der Waals surface area contributed by atoms with Crippen LogP contribution in [0.5, 0.6) is 0 Å². The van der Waals surface area contributed by atoms with Crippen molar-refractivity contribution in [2.45, 2.75) is 25.7 Å². The highest BCUT2D eigenvalue weighted by Crippen LogP contribution is 2.33. The Morgan fingerprint density at radius 3 is 1.15 bits per heavy atom. The van der Waals surface area contributed by atoms with Crippen molar-refractivity contribution in [3.05, 3.63) is 48.5 Å². The van der Waals surface area contributed by atoms with E-state index in [1.807, 2.05) is 0 Å². The minimum absolute atomic E-state index is 1.19. The third kappa shape index (κ3) is 2.79. The maximum Gasteiger partial charge on any atom is 0.0867 e. The van der Waals surface area contributed by atoms with Gasteiger partial charge in [0, 0.05) is 48.7 Å². The Morgan fingerprint density at radius 2 is 0.846 bits per heavy atom. The fourth-order valence-corrected chi connectivity index (χ4v) is 4.25. The van der Waals surface area contributed by atoms with Gasteiger partial charge in [-0.05, 0) is 49.9 Å². The summed E-state index contributed by atoms with van der Waals surface area (Å²) in [5.74, 6) is 0. The Kier molecular flexibility index (Phi) is 3.96. The Morgan fingerprint density at radius 1 is 0.500 bits per heavy atom. The lowest BCUT2D eigenvalue weighted by Gasteiger charge is -2.20. The van der Waals surface area contributed by atoms with Gasteiger partial charge in [0.2, 0.25) is 0 Å². The fourth-order valence-electron chi connectivity index (χ4n) is 4.25. The first-order valence-electron chi connectivity index (χ1n) is 9.85. The maximum atomic E-state index is 3.27. The SMILES string of the molecule is c1cc(N2CCCC2)ccc1-c1[nH][nH]c1-c1ccc(N2CCCC2)cc1. The second-order valence-electron chi connectivity index (χ2n) is 7.48. The van der Waals surface area contributed by atoms with Gasteiger partial charge in [-0.3, -0.25) is 10.2 Å². The number of nitrogens with one attached hydrogen (secondary N) is 2. The summed E-state index contributed by atoms with van der Waals surface area (Å²) in [6.45, 7) is 4.76. The molecule has 1 aromatic heterocycles. The largest absolute Gasteiger partial charge is 0.372 e. The fraction of sp³-hybridized carbons (Fsp3) is 0.364. The van der Waals surface area contributed by atoms with Crippen molar-refractivity contribution >= 4 is 11.4 Å². The van der Waals surface area contributed by atoms with Gasteiger partial charge >= 0.3 is 0 Å². The monoisotopic (exact) mass is 346 g/mol. The number of rotatable bonds is 4. The summed E-state index contributed by atoms with van der Waals surface area (Å²) in [5, 5.41) is 6.55. The second-order valence-corrected chi connectivity index (χ2v) is 7.48. The van der Waals surface area contributed by atoms with E-state index in [1.54, 1.807) is 0 Å². The number of nitrogens with zero attached hydrogens (tertiary/aromatic N) is 2. The number of anilines is 2. The van der Waals surface area contributed by atoms with Gasteiger partial charge in [-0.2, -0.15) is 0 Å². The topological polar surface area (TPSA) is 38.1 Å². The van der Waals surface area contributed by atoms with Crippen LogP contribution in [0.25, 0.3) is 22.5 Å². The molecule has 3 heterocycles. The first-order valence-corrected chi connectivity index (χ1v) is 9.85. The Balaban J connectivity index is 1.35. The first kappa shape index (κ1) is 15.6. The number of aromatic nitrogens is 2. The Hall–Kier alpha value is -2.62. The van der Waals surface area contributed by atoms with Crippen LogP contribution in [-0.2, 0) is 0 Å². The molecule has 2 aliphatic rings. The quantitative estimate of drug-likeness (QED) is 0.707. The highest BCUT2D eigenvalue weighted by atomic mass is 15.2. The molecule has 0 atom stereocenters. The minimum atomic E-state index is 1.19. The van der Waals surface area contributed by atoms with Crippen molar-refractivity contribution < 1.29 is 0 Å². The van der Waals surface area contributed by atoms with E-state index in [4.69, 9.17) is 0 Å². The van der Waals surface area contributed by atoms with Crippen LogP contribution in [0.15, 0.2) is 48.5 Å². The zero-order chi connectivity index (χ0) is 17.3. The number of aromatic amines is 2. The molecule has 2 aliphatic heterocycles. The van der Waals surface area contributed by atoms with E-state index in [-0.39, 0.29) is 0 Å². The lowest BCUT2D eigenvalue weighted by atomic mass is 10.0. The summed E-state index contributed by atoms with van der Waals surface area (Å²) >= 11 is 0. The van der Waals surface area contributed by atoms with Crippen LogP contribution in [0.2, 0.25) is 0 Å². The van der Waals surface area contributed by atoms with Gasteiger partial charge in [0.15, 0.2) is 0 Å². The normalized spacial score (nSPS) is 17.4. The van der Waals surface area contributed by atoms with Crippen LogP contribution in [0.3, 0.4) is 0 Å². The zero-order valence-electron chi connectivity index (χ0n) is 15.2. The van der Waals surface area contributed by atoms with Crippen LogP contribution in [0.4, 0.5) is 11.4 Å². The van der Waals surface area contributed by atoms with Gasteiger partial charge in [-0.25, -0.2) is 0 Å². The lowest BCUT2D eigenvalue weighted by molar-refractivity contribution is 0.949. The molecule has 2 saturated heterocycles. The van der Waals surface area contributed by atoms with Crippen molar-refractivity contribution in [2.75, 3.05) is 36.0 Å². The van der Waals surface area contributed by atoms with Crippen molar-refractivity contribution in [2.24, 2.45) is 0 Å². The van der Waals surface area contributed by atoms with E-state index in [9.17, 15) is 0 Å². The molecule has 5 rings (SSSR count). The number of H-pyrrole nitrogens is 2. The molecule has 4 nitrogen and oxygen atoms in total. The molecule has 2 N–H and O–H groups in total. The zero-order valence-corrected chi connectivity index (χ0v) is 15.2. The van der Waals surface area contributed by atoms with Gasteiger partial charge in [0.05, 0.1) is 11.4 Å². The van der Waals surface area contributed by atoms with E-state index < -0.39 is 0 Å². The van der Waals surface area contributed by atoms with Crippen LogP contribution < -0.4 is 9.80 Å². The Bertz CT molecular complexity index is 771. The molecule has 2 aromatic carbocycles. The summed E-state index contributed by atoms with van der Waals surface area (Å²) < 4.78 is 0. The predicted octanol–water partition coefficient (Wildman–Crippen LogP) is 4.88. The Labute approximate surface area is 154 Å². The van der Waals surface area contributed by atoms with Gasteiger partial charge in [-0.1, -0.05) is 24.3 Å². The second kappa shape index (κ2) is 6.60. The highest BCUT2D eigenvalue weighted by molar-refractivity contribution is 5.80. The van der Waals surface area contributed by atoms with E-state index in [1.165, 1.54) is 85.8 Å². The van der Waals surface area contributed by atoms with Crippen LogP contribution >= 0.6 is 0 Å². The molecule has 0 aliphatic carbocycles.